The van der Waals surface area contributed by atoms with Crippen LogP contribution in [0.5, 0.6) is 11.5 Å². The number of amides is 1. The Bertz CT molecular complexity index is 1140. The number of rotatable bonds is 9. The van der Waals surface area contributed by atoms with E-state index in [0.29, 0.717) is 5.56 Å². The fourth-order valence-corrected chi connectivity index (χ4v) is 3.32. The molecular formula is C21H24N2O10S. The molecule has 2 aromatic carbocycles. The second-order valence-corrected chi connectivity index (χ2v) is 9.05. The van der Waals surface area contributed by atoms with Crippen LogP contribution >= 0.6 is 0 Å². The number of nitro benzene ring substituents is 1. The van der Waals surface area contributed by atoms with Gasteiger partial charge in [0.15, 0.2) is 5.75 Å². The van der Waals surface area contributed by atoms with Crippen LogP contribution in [0.4, 0.5) is 10.5 Å². The van der Waals surface area contributed by atoms with Gasteiger partial charge < -0.3 is 23.2 Å². The topological polar surface area (TPSA) is 160 Å². The molecule has 2 rings (SSSR count). The van der Waals surface area contributed by atoms with Gasteiger partial charge in [0.05, 0.1) is 18.1 Å². The highest BCUT2D eigenvalue weighted by atomic mass is 32.3. The lowest BCUT2D eigenvalue weighted by atomic mass is 10.1. The molecule has 0 spiro atoms. The zero-order valence-corrected chi connectivity index (χ0v) is 19.7. The van der Waals surface area contributed by atoms with E-state index in [9.17, 15) is 28.1 Å². The summed E-state index contributed by atoms with van der Waals surface area (Å²) in [6.45, 7) is 5.03. The van der Waals surface area contributed by atoms with Crippen LogP contribution in [0.2, 0.25) is 0 Å². The number of non-ortho nitro benzene ring substituents is 1. The minimum Gasteiger partial charge on any atom is -0.467 e. The zero-order chi connectivity index (χ0) is 25.5. The molecule has 0 aliphatic carbocycles. The van der Waals surface area contributed by atoms with Gasteiger partial charge in [-0.3, -0.25) is 10.1 Å². The number of hydrogen-bond acceptors (Lipinski definition) is 10. The molecule has 0 fully saturated rings. The molecule has 0 aliphatic rings. The van der Waals surface area contributed by atoms with Crippen molar-refractivity contribution in [3.05, 3.63) is 64.2 Å². The molecule has 34 heavy (non-hydrogen) atoms. The van der Waals surface area contributed by atoms with E-state index in [1.54, 1.807) is 20.8 Å². The molecule has 2 aromatic rings. The van der Waals surface area contributed by atoms with Crippen molar-refractivity contribution in [2.24, 2.45) is 0 Å². The van der Waals surface area contributed by atoms with Gasteiger partial charge in [0.2, 0.25) is 0 Å². The molecule has 184 valence electrons. The third-order valence-electron chi connectivity index (χ3n) is 3.96. The highest BCUT2D eigenvalue weighted by Gasteiger charge is 2.25. The Kier molecular flexibility index (Phi) is 8.41. The van der Waals surface area contributed by atoms with Crippen LogP contribution < -0.4 is 13.7 Å². The SMILES string of the molecule is COC(=O)[C@H](Cc1ccc(OS(=O)(=O)Oc2cccc([N+](=O)[O-])c2)cc1)NC(=O)OC(C)(C)C. The monoisotopic (exact) mass is 496 g/mol. The van der Waals surface area contributed by atoms with E-state index in [0.717, 1.165) is 6.07 Å². The summed E-state index contributed by atoms with van der Waals surface area (Å²) in [6.07, 6.45) is -0.768. The number of nitrogens with zero attached hydrogens (tertiary/aromatic N) is 1. The Balaban J connectivity index is 2.06. The molecule has 0 radical (unpaired) electrons. The molecule has 0 saturated heterocycles. The average molecular weight is 496 g/mol. The zero-order valence-electron chi connectivity index (χ0n) is 18.8. The van der Waals surface area contributed by atoms with Crippen LogP contribution in [-0.4, -0.2) is 44.2 Å². The molecule has 1 atom stereocenters. The lowest BCUT2D eigenvalue weighted by Gasteiger charge is -2.22. The Labute approximate surface area is 196 Å². The van der Waals surface area contributed by atoms with E-state index < -0.39 is 39.0 Å². The van der Waals surface area contributed by atoms with Crippen molar-refractivity contribution in [1.29, 1.82) is 0 Å². The highest BCUT2D eigenvalue weighted by Crippen LogP contribution is 2.22. The van der Waals surface area contributed by atoms with E-state index in [2.05, 4.69) is 5.32 Å². The number of carbonyl (C=O) groups excluding carboxylic acids is 2. The van der Waals surface area contributed by atoms with Crippen molar-refractivity contribution in [3.63, 3.8) is 0 Å². The summed E-state index contributed by atoms with van der Waals surface area (Å²) >= 11 is 0. The van der Waals surface area contributed by atoms with E-state index >= 15 is 0 Å². The van der Waals surface area contributed by atoms with E-state index in [-0.39, 0.29) is 23.6 Å². The van der Waals surface area contributed by atoms with Gasteiger partial charge in [-0.05, 0) is 44.5 Å². The molecule has 0 unspecified atom stereocenters. The molecule has 0 bridgehead atoms. The molecule has 0 heterocycles. The minimum atomic E-state index is -4.59. The van der Waals surface area contributed by atoms with Gasteiger partial charge in [0.1, 0.15) is 17.4 Å². The molecule has 0 aromatic heterocycles. The van der Waals surface area contributed by atoms with Crippen LogP contribution in [0, 0.1) is 10.1 Å². The minimum absolute atomic E-state index is 0.0309. The van der Waals surface area contributed by atoms with E-state index in [4.69, 9.17) is 17.8 Å². The second kappa shape index (κ2) is 10.8. The normalized spacial score (nSPS) is 12.2. The number of esters is 1. The molecule has 1 N–H and O–H groups in total. The lowest BCUT2D eigenvalue weighted by molar-refractivity contribution is -0.384. The molecule has 13 heteroatoms. The summed E-state index contributed by atoms with van der Waals surface area (Å²) < 4.78 is 43.7. The maximum Gasteiger partial charge on any atom is 0.500 e. The number of hydrogen-bond donors (Lipinski definition) is 1. The summed E-state index contributed by atoms with van der Waals surface area (Å²) in [5, 5.41) is 13.2. The van der Waals surface area contributed by atoms with Gasteiger partial charge in [-0.15, -0.1) is 8.42 Å². The lowest BCUT2D eigenvalue weighted by Crippen LogP contribution is -2.45. The van der Waals surface area contributed by atoms with Crippen LogP contribution in [0.1, 0.15) is 26.3 Å². The van der Waals surface area contributed by atoms with Crippen LogP contribution in [0.15, 0.2) is 48.5 Å². The van der Waals surface area contributed by atoms with Crippen molar-refractivity contribution < 1.29 is 40.8 Å². The molecule has 0 aliphatic heterocycles. The van der Waals surface area contributed by atoms with Crippen LogP contribution in [-0.2, 0) is 31.1 Å². The number of ether oxygens (including phenoxy) is 2. The Morgan fingerprint density at radius 2 is 1.68 bits per heavy atom. The van der Waals surface area contributed by atoms with Crippen LogP contribution in [0.25, 0.3) is 0 Å². The predicted molar refractivity (Wildman–Crippen MR) is 119 cm³/mol. The average Bonchev–Trinajstić information content (AvgIpc) is 2.72. The van der Waals surface area contributed by atoms with Crippen molar-refractivity contribution >= 4 is 28.1 Å². The first kappa shape index (κ1) is 26.4. The quantitative estimate of drug-likeness (QED) is 0.310. The van der Waals surface area contributed by atoms with Gasteiger partial charge in [-0.25, -0.2) is 9.59 Å². The molecular weight excluding hydrogens is 472 g/mol. The maximum absolute atomic E-state index is 12.1. The third-order valence-corrected chi connectivity index (χ3v) is 4.76. The summed E-state index contributed by atoms with van der Waals surface area (Å²) in [6, 6.07) is 9.13. The summed E-state index contributed by atoms with van der Waals surface area (Å²) in [4.78, 5) is 34.2. The fourth-order valence-electron chi connectivity index (χ4n) is 2.60. The summed E-state index contributed by atoms with van der Waals surface area (Å²) in [5.74, 6) is -1.09. The largest absolute Gasteiger partial charge is 0.500 e. The number of nitrogens with one attached hydrogen (secondary N) is 1. The first-order chi connectivity index (χ1) is 15.8. The van der Waals surface area contributed by atoms with Crippen LogP contribution in [0.3, 0.4) is 0 Å². The maximum atomic E-state index is 12.1. The number of benzene rings is 2. The molecule has 0 saturated carbocycles. The Morgan fingerprint density at radius 1 is 1.06 bits per heavy atom. The number of nitro groups is 1. The highest BCUT2D eigenvalue weighted by molar-refractivity contribution is 7.82. The van der Waals surface area contributed by atoms with Crippen molar-refractivity contribution in [2.75, 3.05) is 7.11 Å². The number of carbonyl (C=O) groups is 2. The second-order valence-electron chi connectivity index (χ2n) is 7.90. The van der Waals surface area contributed by atoms with E-state index in [1.165, 1.54) is 49.6 Å². The van der Waals surface area contributed by atoms with Crippen molar-refractivity contribution in [3.8, 4) is 11.5 Å². The van der Waals surface area contributed by atoms with Gasteiger partial charge in [-0.2, -0.15) is 0 Å². The predicted octanol–water partition coefficient (Wildman–Crippen LogP) is 2.91. The molecule has 1 amide bonds. The van der Waals surface area contributed by atoms with Gasteiger partial charge in [0, 0.05) is 12.5 Å². The van der Waals surface area contributed by atoms with E-state index in [1.807, 2.05) is 0 Å². The first-order valence-corrected chi connectivity index (χ1v) is 11.2. The molecule has 12 nitrogen and oxygen atoms in total. The number of methoxy groups -OCH3 is 1. The third kappa shape index (κ3) is 8.58. The van der Waals surface area contributed by atoms with Gasteiger partial charge in [-0.1, -0.05) is 18.2 Å². The Morgan fingerprint density at radius 3 is 2.24 bits per heavy atom. The fraction of sp³-hybridized carbons (Fsp3) is 0.333. The van der Waals surface area contributed by atoms with Crippen molar-refractivity contribution in [1.82, 2.24) is 5.32 Å². The first-order valence-electron chi connectivity index (χ1n) is 9.82. The van der Waals surface area contributed by atoms with Crippen molar-refractivity contribution in [2.45, 2.75) is 38.8 Å². The summed E-state index contributed by atoms with van der Waals surface area (Å²) in [5.41, 5.74) is -0.560. The van der Waals surface area contributed by atoms with Gasteiger partial charge in [0.25, 0.3) is 5.69 Å². The Hall–Kier alpha value is -3.87. The summed E-state index contributed by atoms with van der Waals surface area (Å²) in [7, 11) is -3.41. The standard InChI is InChI=1S/C21H24N2O10S/c1-21(2,3)31-20(25)22-18(19(24)30-4)12-14-8-10-16(11-9-14)32-34(28,29)33-17-7-5-6-15(13-17)23(26)27/h5-11,13,18H,12H2,1-4H3,(H,22,25)/t18-/m0/s1. The van der Waals surface area contributed by atoms with Gasteiger partial charge >= 0.3 is 22.5 Å². The smallest absolute Gasteiger partial charge is 0.467 e. The number of alkyl carbamates (subject to hydrolysis) is 1.